The number of rotatable bonds is 22. The number of aromatic nitrogens is 2. The molecule has 2 aromatic heterocycles. The number of carbonyl (C=O) groups excluding carboxylic acids is 8. The Bertz CT molecular complexity index is 4420. The zero-order valence-corrected chi connectivity index (χ0v) is 70.7. The van der Waals surface area contributed by atoms with Crippen molar-refractivity contribution < 1.29 is 101 Å². The molecule has 4 aliphatic carbocycles. The van der Waals surface area contributed by atoms with Gasteiger partial charge in [-0.2, -0.15) is 9.97 Å². The Morgan fingerprint density at radius 1 is 0.543 bits per heavy atom. The third-order valence-corrected chi connectivity index (χ3v) is 30.0. The Balaban J connectivity index is 0.000000228. The Labute approximate surface area is 677 Å². The average molecular weight is 1660 g/mol. The molecule has 0 unspecified atom stereocenters. The molecule has 4 saturated carbocycles. The molecule has 2 saturated heterocycles. The number of halogens is 4. The van der Waals surface area contributed by atoms with Gasteiger partial charge in [-0.1, -0.05) is 88.4 Å². The van der Waals surface area contributed by atoms with Crippen molar-refractivity contribution in [1.29, 1.82) is 0 Å². The van der Waals surface area contributed by atoms with Gasteiger partial charge in [0.05, 0.1) is 83.4 Å². The van der Waals surface area contributed by atoms with E-state index in [9.17, 15) is 72.8 Å². The van der Waals surface area contributed by atoms with Gasteiger partial charge in [-0.25, -0.2) is 34.4 Å². The summed E-state index contributed by atoms with van der Waals surface area (Å²) in [7, 11) is -8.02. The van der Waals surface area contributed by atoms with Gasteiger partial charge in [0, 0.05) is 62.4 Å². The molecule has 0 radical (unpaired) electrons. The third kappa shape index (κ3) is 19.5. The topological polar surface area (TPSA) is 317 Å². The molecule has 24 nitrogen and oxygen atoms in total. The molecule has 30 heteroatoms. The van der Waals surface area contributed by atoms with Gasteiger partial charge in [-0.3, -0.25) is 47.8 Å². The lowest BCUT2D eigenvalue weighted by Gasteiger charge is -2.34. The van der Waals surface area contributed by atoms with Crippen LogP contribution in [0.3, 0.4) is 0 Å². The molecule has 4 aromatic rings. The van der Waals surface area contributed by atoms with E-state index in [0.29, 0.717) is 114 Å². The second-order valence-corrected chi connectivity index (χ2v) is 40.2. The number of carbonyl (C=O) groups is 8. The van der Waals surface area contributed by atoms with E-state index >= 15 is 0 Å². The number of nitrogens with zero attached hydrogens (tertiary/aromatic N) is 4. The van der Waals surface area contributed by atoms with Crippen molar-refractivity contribution in [3.63, 3.8) is 0 Å². The maximum Gasteiger partial charge on any atom is 0.307 e. The number of nitrogens with one attached hydrogen (secondary N) is 2. The molecule has 2 aromatic carbocycles. The van der Waals surface area contributed by atoms with E-state index < -0.39 is 183 Å². The summed E-state index contributed by atoms with van der Waals surface area (Å²) in [6.45, 7) is 20.9. The largest absolute Gasteiger partial charge is 0.478 e. The normalized spacial score (nSPS) is 29.6. The first kappa shape index (κ1) is 88.5. The molecule has 4 amide bonds. The van der Waals surface area contributed by atoms with Crippen molar-refractivity contribution in [2.45, 2.75) is 269 Å². The lowest BCUT2D eigenvalue weighted by molar-refractivity contribution is -0.197. The minimum atomic E-state index is -4.01. The first-order valence-electron chi connectivity index (χ1n) is 40.9. The summed E-state index contributed by atoms with van der Waals surface area (Å²) < 4.78 is 148. The van der Waals surface area contributed by atoms with E-state index in [1.807, 2.05) is 114 Å². The van der Waals surface area contributed by atoms with Gasteiger partial charge in [0.2, 0.25) is 67.2 Å². The van der Waals surface area contributed by atoms with Crippen LogP contribution >= 0.6 is 0 Å². The van der Waals surface area contributed by atoms with Crippen LogP contribution in [-0.4, -0.2) is 167 Å². The van der Waals surface area contributed by atoms with Crippen LogP contribution in [0.1, 0.15) is 213 Å². The summed E-state index contributed by atoms with van der Waals surface area (Å²) in [6.07, 6.45) is 10.5. The van der Waals surface area contributed by atoms with Crippen molar-refractivity contribution >= 4 is 88.7 Å². The minimum Gasteiger partial charge on any atom is -0.478 e. The van der Waals surface area contributed by atoms with Gasteiger partial charge in [-0.15, -0.1) is 0 Å². The highest BCUT2D eigenvalue weighted by Gasteiger charge is 2.65. The Hall–Kier alpha value is -8.28. The molecular weight excluding hydrogens is 1550 g/mol. The van der Waals surface area contributed by atoms with Crippen LogP contribution in [0.15, 0.2) is 85.0 Å². The summed E-state index contributed by atoms with van der Waals surface area (Å²) in [4.78, 5) is 126. The maximum atomic E-state index is 14.9. The Morgan fingerprint density at radius 3 is 1.23 bits per heavy atom. The summed E-state index contributed by atoms with van der Waals surface area (Å²) in [5.41, 5.74) is -6.98. The first-order chi connectivity index (χ1) is 54.2. The van der Waals surface area contributed by atoms with E-state index in [2.05, 4.69) is 19.4 Å². The number of sulfonamides is 2. The number of esters is 2. The molecule has 6 heterocycles. The van der Waals surface area contributed by atoms with Gasteiger partial charge in [0.25, 0.3) is 11.8 Å². The van der Waals surface area contributed by atoms with Crippen LogP contribution in [-0.2, 0) is 67.9 Å². The zero-order chi connectivity index (χ0) is 84.8. The lowest BCUT2D eigenvalue weighted by atomic mass is 9.82. The first-order valence-corrected chi connectivity index (χ1v) is 43.9. The van der Waals surface area contributed by atoms with Gasteiger partial charge in [-0.05, 0) is 191 Å². The van der Waals surface area contributed by atoms with Crippen molar-refractivity contribution in [2.24, 2.45) is 58.2 Å². The van der Waals surface area contributed by atoms with E-state index in [0.717, 1.165) is 38.5 Å². The number of hydrogen-bond acceptors (Lipinski definition) is 20. The smallest absolute Gasteiger partial charge is 0.307 e. The number of allylic oxidation sites excluding steroid dienone is 4. The molecule has 2 N–H and O–H groups in total. The molecular formula is C86H114F4N6O18S2. The maximum absolute atomic E-state index is 14.9. The van der Waals surface area contributed by atoms with Crippen LogP contribution in [0.25, 0.3) is 21.5 Å². The molecule has 0 bridgehead atoms. The number of Topliss-reactive ketones (excluding diaryl/α,β-unsaturated/α-hetero) is 2. The lowest BCUT2D eigenvalue weighted by Crippen LogP contribution is -2.49. The molecule has 4 aliphatic heterocycles. The van der Waals surface area contributed by atoms with E-state index in [1.165, 1.54) is 9.80 Å². The molecule has 8 aliphatic rings. The fourth-order valence-corrected chi connectivity index (χ4v) is 19.3. The summed E-state index contributed by atoms with van der Waals surface area (Å²) in [6, 6.07) is 16.2. The predicted octanol–water partition coefficient (Wildman–Crippen LogP) is 13.9. The van der Waals surface area contributed by atoms with Crippen molar-refractivity contribution in [2.75, 3.05) is 26.3 Å². The quantitative estimate of drug-likeness (QED) is 0.0419. The van der Waals surface area contributed by atoms with Crippen LogP contribution in [0, 0.1) is 58.2 Å². The highest BCUT2D eigenvalue weighted by molar-refractivity contribution is 7.92. The second-order valence-electron chi connectivity index (χ2n) is 35.8. The highest BCUT2D eigenvalue weighted by Crippen LogP contribution is 2.60. The third-order valence-electron chi connectivity index (χ3n) is 25.7. The van der Waals surface area contributed by atoms with Crippen molar-refractivity contribution in [3.8, 4) is 23.5 Å². The molecule has 14 atom stereocenters. The number of ether oxygens (including phenoxy) is 6. The fourth-order valence-electron chi connectivity index (χ4n) is 16.6. The number of benzene rings is 2. The van der Waals surface area contributed by atoms with Gasteiger partial charge >= 0.3 is 11.9 Å². The van der Waals surface area contributed by atoms with E-state index in [1.54, 1.807) is 26.0 Å². The predicted molar refractivity (Wildman–Crippen MR) is 425 cm³/mol. The van der Waals surface area contributed by atoms with E-state index in [4.69, 9.17) is 28.4 Å². The van der Waals surface area contributed by atoms with Crippen LogP contribution in [0.4, 0.5) is 17.6 Å². The summed E-state index contributed by atoms with van der Waals surface area (Å²) in [5, 5.41) is 2.96. The number of ketones is 2. The molecule has 6 fully saturated rings. The van der Waals surface area contributed by atoms with E-state index in [-0.39, 0.29) is 75.2 Å². The number of amides is 4. The van der Waals surface area contributed by atoms with Gasteiger partial charge in [0.15, 0.2) is 22.8 Å². The van der Waals surface area contributed by atoms with Gasteiger partial charge < -0.3 is 38.2 Å². The molecule has 12 rings (SSSR count). The monoisotopic (exact) mass is 1660 g/mol. The van der Waals surface area contributed by atoms with Crippen LogP contribution < -0.4 is 28.4 Å². The van der Waals surface area contributed by atoms with Gasteiger partial charge in [0.1, 0.15) is 12.2 Å². The molecule has 0 spiro atoms. The zero-order valence-electron chi connectivity index (χ0n) is 69.0. The number of fused-ring (bicyclic) bond motifs is 6. The number of pyridine rings is 2. The average Bonchev–Trinajstić information content (AvgIpc) is 1.57. The molecule has 116 heavy (non-hydrogen) atoms. The SMILES string of the molecule is CCOc1cc2ccccc2c(O[C@@H]2C[C@H]3C(=O)C[C@]4(C(=O)NS(=O)(=O)C5(C)CC5)C[C@H]4/C=C\CC[C@@H](C)C[C@@H](C)[C@H](CC(=O)OC(C)(C)C(C)(F)F)C(=O)N3C2)n1.CCOc1cc2ccccc2c(O[C@@H]2C[C@H]3C(=O)C[C@]4(C(=O)NS(=O)(=O)C5(C)CC5)C[C@H]4/C=C\CC[C@H](C)C[C@@H](C)[C@H](CC(=O)OC(C)(C)C(C)(F)F)C(=O)N3C2)n1. The second kappa shape index (κ2) is 33.8. The number of alkyl halides is 4. The van der Waals surface area contributed by atoms with Crippen molar-refractivity contribution in [3.05, 3.63) is 85.0 Å². The van der Waals surface area contributed by atoms with Crippen LogP contribution in [0.2, 0.25) is 0 Å². The fraction of sp³-hybridized carbons (Fsp3) is 0.651. The Kier molecular flexibility index (Phi) is 25.8. The highest BCUT2D eigenvalue weighted by atomic mass is 32.2. The summed E-state index contributed by atoms with van der Waals surface area (Å²) in [5.74, 6) is -14.5. The minimum absolute atomic E-state index is 0.0189. The van der Waals surface area contributed by atoms with Crippen molar-refractivity contribution in [1.82, 2.24) is 29.2 Å². The standard InChI is InChI=1S/2C43H57F2N3O9S/c2*1-8-55-35-20-28-14-10-12-16-31(28)37(46-35)56-30-21-33-34(49)24-43(39(52)47-58(53,54)41(6)17-18-41)23-29(43)15-11-9-13-26(2)19-27(3)32(38(51)48(33)25-30)22-36(50)57-40(4,5)42(7,44)45/h2*10-12,14-16,20,26-27,29-30,32-33H,8-9,13,17-19,21-25H2,1-7H3,(H,47,52)/b2*15-11-/t26-,27+,29+,30+,32-,33-,43+;26-,27-,29-,30-,32+,33+,43-/m01/s1. The molecule has 636 valence electrons. The number of hydrogen-bond donors (Lipinski definition) is 2. The summed E-state index contributed by atoms with van der Waals surface area (Å²) >= 11 is 0. The Morgan fingerprint density at radius 2 is 0.897 bits per heavy atom. The van der Waals surface area contributed by atoms with Crippen LogP contribution in [0.5, 0.6) is 23.5 Å².